The standard InChI is InChI=1S/C16H12N2O3/c19-16(20)12-7-14(9-17-8-12)21-10-13-6-5-11-3-1-2-4-15(11)18-13/h1-9H,10H2,(H,19,20). The number of rotatable bonds is 4. The highest BCUT2D eigenvalue weighted by Gasteiger charge is 2.05. The van der Waals surface area contributed by atoms with Crippen molar-refractivity contribution in [2.45, 2.75) is 6.61 Å². The van der Waals surface area contributed by atoms with E-state index in [4.69, 9.17) is 9.84 Å². The highest BCUT2D eigenvalue weighted by Crippen LogP contribution is 2.15. The van der Waals surface area contributed by atoms with E-state index in [0.29, 0.717) is 5.75 Å². The van der Waals surface area contributed by atoms with Gasteiger partial charge in [-0.3, -0.25) is 4.98 Å². The van der Waals surface area contributed by atoms with Gasteiger partial charge in [0, 0.05) is 11.6 Å². The molecule has 0 amide bonds. The Kier molecular flexibility index (Phi) is 3.47. The van der Waals surface area contributed by atoms with Gasteiger partial charge < -0.3 is 9.84 Å². The molecule has 104 valence electrons. The lowest BCUT2D eigenvalue weighted by Gasteiger charge is -2.06. The van der Waals surface area contributed by atoms with E-state index in [1.807, 2.05) is 36.4 Å². The number of carboxylic acid groups (broad SMARTS) is 1. The van der Waals surface area contributed by atoms with Crippen molar-refractivity contribution >= 4 is 16.9 Å². The van der Waals surface area contributed by atoms with E-state index in [9.17, 15) is 4.79 Å². The third-order valence-corrected chi connectivity index (χ3v) is 3.00. The summed E-state index contributed by atoms with van der Waals surface area (Å²) < 4.78 is 5.54. The predicted octanol–water partition coefficient (Wildman–Crippen LogP) is 2.91. The van der Waals surface area contributed by atoms with Crippen LogP contribution in [0.2, 0.25) is 0 Å². The van der Waals surface area contributed by atoms with Crippen LogP contribution in [0.4, 0.5) is 0 Å². The third kappa shape index (κ3) is 2.97. The average Bonchev–Trinajstić information content (AvgIpc) is 2.53. The molecule has 0 unspecified atom stereocenters. The van der Waals surface area contributed by atoms with Crippen molar-refractivity contribution in [2.24, 2.45) is 0 Å². The van der Waals surface area contributed by atoms with Crippen molar-refractivity contribution in [3.05, 3.63) is 66.1 Å². The fourth-order valence-corrected chi connectivity index (χ4v) is 1.96. The number of pyridine rings is 2. The molecule has 3 aromatic rings. The summed E-state index contributed by atoms with van der Waals surface area (Å²) in [5.74, 6) is -0.623. The second kappa shape index (κ2) is 5.58. The highest BCUT2D eigenvalue weighted by molar-refractivity contribution is 5.87. The summed E-state index contributed by atoms with van der Waals surface area (Å²) in [6, 6.07) is 13.1. The van der Waals surface area contributed by atoms with E-state index in [0.717, 1.165) is 16.6 Å². The minimum atomic E-state index is -1.03. The fourth-order valence-electron chi connectivity index (χ4n) is 1.96. The molecule has 0 saturated heterocycles. The number of hydrogen-bond donors (Lipinski definition) is 1. The first-order valence-corrected chi connectivity index (χ1v) is 6.38. The van der Waals surface area contributed by atoms with E-state index in [2.05, 4.69) is 9.97 Å². The third-order valence-electron chi connectivity index (χ3n) is 3.00. The molecule has 0 radical (unpaired) electrons. The van der Waals surface area contributed by atoms with Gasteiger partial charge in [0.2, 0.25) is 0 Å². The molecular formula is C16H12N2O3. The number of aromatic carboxylic acids is 1. The SMILES string of the molecule is O=C(O)c1cncc(OCc2ccc3ccccc3n2)c1. The summed E-state index contributed by atoms with van der Waals surface area (Å²) in [6.07, 6.45) is 2.76. The number of fused-ring (bicyclic) bond motifs is 1. The van der Waals surface area contributed by atoms with Gasteiger partial charge in [-0.25, -0.2) is 9.78 Å². The molecular weight excluding hydrogens is 268 g/mol. The van der Waals surface area contributed by atoms with Gasteiger partial charge >= 0.3 is 5.97 Å². The van der Waals surface area contributed by atoms with Crippen LogP contribution in [-0.4, -0.2) is 21.0 Å². The summed E-state index contributed by atoms with van der Waals surface area (Å²) in [5.41, 5.74) is 1.77. The Bertz CT molecular complexity index is 802. The molecule has 5 heteroatoms. The molecule has 3 rings (SSSR count). The molecule has 0 spiro atoms. The van der Waals surface area contributed by atoms with Gasteiger partial charge in [-0.15, -0.1) is 0 Å². The average molecular weight is 280 g/mol. The minimum absolute atomic E-state index is 0.0963. The molecule has 0 aliphatic heterocycles. The summed E-state index contributed by atoms with van der Waals surface area (Å²) >= 11 is 0. The Balaban J connectivity index is 1.77. The Hall–Kier alpha value is -2.95. The van der Waals surface area contributed by atoms with E-state index in [1.165, 1.54) is 18.5 Å². The first-order chi connectivity index (χ1) is 10.2. The van der Waals surface area contributed by atoms with E-state index in [-0.39, 0.29) is 12.2 Å². The number of hydrogen-bond acceptors (Lipinski definition) is 4. The van der Waals surface area contributed by atoms with Gasteiger partial charge in [-0.2, -0.15) is 0 Å². The van der Waals surface area contributed by atoms with Crippen LogP contribution in [0, 0.1) is 0 Å². The van der Waals surface area contributed by atoms with Crippen LogP contribution in [0.25, 0.3) is 10.9 Å². The molecule has 2 heterocycles. The van der Waals surface area contributed by atoms with Crippen LogP contribution in [0.15, 0.2) is 54.9 Å². The summed E-state index contributed by atoms with van der Waals surface area (Å²) in [6.45, 7) is 0.260. The number of para-hydroxylation sites is 1. The molecule has 1 aromatic carbocycles. The van der Waals surface area contributed by atoms with Gasteiger partial charge in [-0.05, 0) is 18.2 Å². The maximum Gasteiger partial charge on any atom is 0.337 e. The quantitative estimate of drug-likeness (QED) is 0.795. The number of carbonyl (C=O) groups is 1. The molecule has 0 aliphatic carbocycles. The van der Waals surface area contributed by atoms with Crippen molar-refractivity contribution < 1.29 is 14.6 Å². The Morgan fingerprint density at radius 1 is 1.14 bits per heavy atom. The zero-order valence-corrected chi connectivity index (χ0v) is 11.1. The lowest BCUT2D eigenvalue weighted by Crippen LogP contribution is -2.01. The van der Waals surface area contributed by atoms with Gasteiger partial charge in [0.1, 0.15) is 12.4 Å². The minimum Gasteiger partial charge on any atom is -0.486 e. The summed E-state index contributed by atoms with van der Waals surface area (Å²) in [5, 5.41) is 9.97. The zero-order valence-electron chi connectivity index (χ0n) is 11.1. The van der Waals surface area contributed by atoms with Crippen molar-refractivity contribution in [3.63, 3.8) is 0 Å². The predicted molar refractivity (Wildman–Crippen MR) is 77.3 cm³/mol. The van der Waals surface area contributed by atoms with Crippen molar-refractivity contribution in [1.82, 2.24) is 9.97 Å². The Morgan fingerprint density at radius 2 is 2.00 bits per heavy atom. The molecule has 1 N–H and O–H groups in total. The maximum absolute atomic E-state index is 10.9. The number of ether oxygens (including phenoxy) is 1. The van der Waals surface area contributed by atoms with E-state index < -0.39 is 5.97 Å². The molecule has 0 saturated carbocycles. The number of carboxylic acids is 1. The summed E-state index contributed by atoms with van der Waals surface area (Å²) in [7, 11) is 0. The molecule has 0 bridgehead atoms. The number of nitrogens with zero attached hydrogens (tertiary/aromatic N) is 2. The van der Waals surface area contributed by atoms with Crippen molar-refractivity contribution in [3.8, 4) is 5.75 Å². The second-order valence-electron chi connectivity index (χ2n) is 4.50. The van der Waals surface area contributed by atoms with Gasteiger partial charge in [0.05, 0.1) is 23.0 Å². The zero-order chi connectivity index (χ0) is 14.7. The van der Waals surface area contributed by atoms with Crippen LogP contribution >= 0.6 is 0 Å². The van der Waals surface area contributed by atoms with Gasteiger partial charge in [0.15, 0.2) is 0 Å². The largest absolute Gasteiger partial charge is 0.486 e. The molecule has 21 heavy (non-hydrogen) atoms. The van der Waals surface area contributed by atoms with Crippen molar-refractivity contribution in [1.29, 1.82) is 0 Å². The smallest absolute Gasteiger partial charge is 0.337 e. The Labute approximate surface area is 120 Å². The van der Waals surface area contributed by atoms with Crippen LogP contribution in [-0.2, 0) is 6.61 Å². The van der Waals surface area contributed by atoms with Crippen LogP contribution < -0.4 is 4.74 Å². The van der Waals surface area contributed by atoms with E-state index >= 15 is 0 Å². The Morgan fingerprint density at radius 3 is 2.86 bits per heavy atom. The molecule has 0 aliphatic rings. The summed E-state index contributed by atoms with van der Waals surface area (Å²) in [4.78, 5) is 19.2. The lowest BCUT2D eigenvalue weighted by atomic mass is 10.2. The number of benzene rings is 1. The number of aromatic nitrogens is 2. The van der Waals surface area contributed by atoms with Crippen molar-refractivity contribution in [2.75, 3.05) is 0 Å². The monoisotopic (exact) mass is 280 g/mol. The second-order valence-corrected chi connectivity index (χ2v) is 4.50. The normalized spacial score (nSPS) is 10.5. The molecule has 0 fully saturated rings. The maximum atomic E-state index is 10.9. The first kappa shape index (κ1) is 13.1. The topological polar surface area (TPSA) is 72.3 Å². The van der Waals surface area contributed by atoms with Gasteiger partial charge in [0.25, 0.3) is 0 Å². The van der Waals surface area contributed by atoms with Crippen LogP contribution in [0.3, 0.4) is 0 Å². The molecule has 0 atom stereocenters. The van der Waals surface area contributed by atoms with Crippen LogP contribution in [0.5, 0.6) is 5.75 Å². The van der Waals surface area contributed by atoms with E-state index in [1.54, 1.807) is 0 Å². The fraction of sp³-hybridized carbons (Fsp3) is 0.0625. The first-order valence-electron chi connectivity index (χ1n) is 6.38. The van der Waals surface area contributed by atoms with Gasteiger partial charge in [-0.1, -0.05) is 24.3 Å². The highest BCUT2D eigenvalue weighted by atomic mass is 16.5. The lowest BCUT2D eigenvalue weighted by molar-refractivity contribution is 0.0696. The molecule has 5 nitrogen and oxygen atoms in total. The molecule has 2 aromatic heterocycles. The van der Waals surface area contributed by atoms with Crippen LogP contribution in [0.1, 0.15) is 16.1 Å².